The summed E-state index contributed by atoms with van der Waals surface area (Å²) in [6.07, 6.45) is 0. The van der Waals surface area contributed by atoms with Crippen LogP contribution in [0.25, 0.3) is 33.4 Å². The molecular formula is C24H24N2O2. The highest BCUT2D eigenvalue weighted by Gasteiger charge is 2.17. The molecular weight excluding hydrogens is 348 g/mol. The lowest BCUT2D eigenvalue weighted by atomic mass is 9.95. The van der Waals surface area contributed by atoms with Crippen LogP contribution >= 0.6 is 0 Å². The van der Waals surface area contributed by atoms with Crippen molar-refractivity contribution in [2.45, 2.75) is 6.92 Å². The van der Waals surface area contributed by atoms with E-state index in [-0.39, 0.29) is 5.43 Å². The van der Waals surface area contributed by atoms with Crippen molar-refractivity contribution in [2.24, 2.45) is 0 Å². The molecule has 142 valence electrons. The SMILES string of the molecule is Cc1c2cc(-c3ccc(N(C)C)cc3)c(=O)cc-2oc2cc(N(C)C)ccc12. The molecule has 4 nitrogen and oxygen atoms in total. The average Bonchev–Trinajstić information content (AvgIpc) is 2.67. The molecule has 2 aliphatic rings. The van der Waals surface area contributed by atoms with Crippen LogP contribution in [0, 0.1) is 6.92 Å². The molecule has 1 aliphatic carbocycles. The van der Waals surface area contributed by atoms with Crippen molar-refractivity contribution in [3.05, 3.63) is 70.4 Å². The van der Waals surface area contributed by atoms with E-state index in [0.29, 0.717) is 11.3 Å². The lowest BCUT2D eigenvalue weighted by Gasteiger charge is -2.17. The van der Waals surface area contributed by atoms with Crippen LogP contribution in [0.4, 0.5) is 11.4 Å². The molecule has 0 unspecified atom stereocenters. The average molecular weight is 372 g/mol. The van der Waals surface area contributed by atoms with Gasteiger partial charge in [-0.3, -0.25) is 4.79 Å². The minimum Gasteiger partial charge on any atom is -0.456 e. The summed E-state index contributed by atoms with van der Waals surface area (Å²) in [6, 6.07) is 17.8. The van der Waals surface area contributed by atoms with E-state index in [2.05, 4.69) is 19.1 Å². The molecule has 0 amide bonds. The molecule has 0 aromatic heterocycles. The number of anilines is 2. The fourth-order valence-electron chi connectivity index (χ4n) is 3.55. The summed E-state index contributed by atoms with van der Waals surface area (Å²) in [7, 11) is 8.00. The lowest BCUT2D eigenvalue weighted by Crippen LogP contribution is -2.09. The zero-order valence-corrected chi connectivity index (χ0v) is 16.9. The summed E-state index contributed by atoms with van der Waals surface area (Å²) in [5.74, 6) is 0.625. The molecule has 0 bridgehead atoms. The van der Waals surface area contributed by atoms with Gasteiger partial charge < -0.3 is 14.2 Å². The number of fused-ring (bicyclic) bond motifs is 2. The second-order valence-corrected chi connectivity index (χ2v) is 7.59. The van der Waals surface area contributed by atoms with Gasteiger partial charge >= 0.3 is 0 Å². The fraction of sp³-hybridized carbons (Fsp3) is 0.208. The molecule has 0 fully saturated rings. The summed E-state index contributed by atoms with van der Waals surface area (Å²) >= 11 is 0. The number of hydrogen-bond donors (Lipinski definition) is 0. The van der Waals surface area contributed by atoms with E-state index in [1.165, 1.54) is 0 Å². The van der Waals surface area contributed by atoms with E-state index < -0.39 is 0 Å². The quantitative estimate of drug-likeness (QED) is 0.474. The molecule has 0 N–H and O–H groups in total. The number of hydrogen-bond acceptors (Lipinski definition) is 4. The molecule has 1 aliphatic heterocycles. The van der Waals surface area contributed by atoms with Crippen molar-refractivity contribution in [1.82, 2.24) is 0 Å². The second kappa shape index (κ2) is 6.71. The van der Waals surface area contributed by atoms with Crippen LogP contribution < -0.4 is 15.2 Å². The molecule has 0 atom stereocenters. The zero-order valence-electron chi connectivity index (χ0n) is 16.9. The van der Waals surface area contributed by atoms with Crippen LogP contribution in [0.2, 0.25) is 0 Å². The van der Waals surface area contributed by atoms with Gasteiger partial charge in [-0.15, -0.1) is 0 Å². The molecule has 0 saturated carbocycles. The highest BCUT2D eigenvalue weighted by Crippen LogP contribution is 2.35. The second-order valence-electron chi connectivity index (χ2n) is 7.59. The summed E-state index contributed by atoms with van der Waals surface area (Å²) in [5, 5.41) is 1.06. The standard InChI is InChI=1S/C24H24N2O2/c1-15-19-11-10-18(26(4)5)12-23(19)28-24-14-22(27)21(13-20(15)24)16-6-8-17(9-7-16)25(2)3/h6-14H,1-5H3. The first kappa shape index (κ1) is 18.1. The summed E-state index contributed by atoms with van der Waals surface area (Å²) < 4.78 is 6.11. The number of rotatable bonds is 3. The Hall–Kier alpha value is -3.27. The van der Waals surface area contributed by atoms with Crippen LogP contribution in [0.15, 0.2) is 63.8 Å². The Bertz CT molecular complexity index is 1190. The molecule has 0 saturated heterocycles. The summed E-state index contributed by atoms with van der Waals surface area (Å²) in [6.45, 7) is 2.08. The van der Waals surface area contributed by atoms with Crippen LogP contribution in [-0.2, 0) is 0 Å². The molecule has 2 aromatic carbocycles. The van der Waals surface area contributed by atoms with Crippen molar-refractivity contribution in [1.29, 1.82) is 0 Å². The largest absolute Gasteiger partial charge is 0.456 e. The van der Waals surface area contributed by atoms with Gasteiger partial charge in [0.05, 0.1) is 0 Å². The maximum atomic E-state index is 12.8. The summed E-state index contributed by atoms with van der Waals surface area (Å²) in [4.78, 5) is 16.9. The van der Waals surface area contributed by atoms with E-state index in [1.807, 2.05) is 74.4 Å². The predicted octanol–water partition coefficient (Wildman–Crippen LogP) is 5.01. The first-order valence-electron chi connectivity index (χ1n) is 9.31. The highest BCUT2D eigenvalue weighted by molar-refractivity contribution is 5.91. The van der Waals surface area contributed by atoms with E-state index >= 15 is 0 Å². The van der Waals surface area contributed by atoms with Crippen molar-refractivity contribution in [3.8, 4) is 22.5 Å². The van der Waals surface area contributed by atoms with Crippen molar-refractivity contribution < 1.29 is 4.42 Å². The topological polar surface area (TPSA) is 36.7 Å². The fourth-order valence-corrected chi connectivity index (χ4v) is 3.55. The first-order chi connectivity index (χ1) is 13.3. The Morgan fingerprint density at radius 1 is 0.750 bits per heavy atom. The Balaban J connectivity index is 1.91. The lowest BCUT2D eigenvalue weighted by molar-refractivity contribution is 0.617. The van der Waals surface area contributed by atoms with E-state index in [1.54, 1.807) is 6.07 Å². The van der Waals surface area contributed by atoms with Gasteiger partial charge in [-0.2, -0.15) is 0 Å². The van der Waals surface area contributed by atoms with E-state index in [0.717, 1.165) is 39.0 Å². The smallest absolute Gasteiger partial charge is 0.190 e. The number of aryl methyl sites for hydroxylation is 1. The molecule has 4 heteroatoms. The van der Waals surface area contributed by atoms with Gasteiger partial charge in [-0.25, -0.2) is 0 Å². The van der Waals surface area contributed by atoms with E-state index in [9.17, 15) is 4.79 Å². The van der Waals surface area contributed by atoms with Crippen molar-refractivity contribution in [2.75, 3.05) is 38.0 Å². The van der Waals surface area contributed by atoms with Gasteiger partial charge in [0, 0.05) is 68.2 Å². The molecule has 1 heterocycles. The molecule has 4 rings (SSSR count). The molecule has 0 radical (unpaired) electrons. The third-order valence-corrected chi connectivity index (χ3v) is 5.29. The van der Waals surface area contributed by atoms with Crippen LogP contribution in [0.1, 0.15) is 5.56 Å². The van der Waals surface area contributed by atoms with Gasteiger partial charge in [-0.05, 0) is 48.4 Å². The third-order valence-electron chi connectivity index (χ3n) is 5.29. The molecule has 28 heavy (non-hydrogen) atoms. The normalized spacial score (nSPS) is 11.2. The van der Waals surface area contributed by atoms with Crippen molar-refractivity contribution in [3.63, 3.8) is 0 Å². The monoisotopic (exact) mass is 372 g/mol. The van der Waals surface area contributed by atoms with Crippen LogP contribution in [-0.4, -0.2) is 28.2 Å². The van der Waals surface area contributed by atoms with Crippen LogP contribution in [0.3, 0.4) is 0 Å². The maximum Gasteiger partial charge on any atom is 0.190 e. The predicted molar refractivity (Wildman–Crippen MR) is 118 cm³/mol. The zero-order chi connectivity index (χ0) is 20.0. The minimum absolute atomic E-state index is 0.0311. The number of nitrogens with zero attached hydrogens (tertiary/aromatic N) is 2. The van der Waals surface area contributed by atoms with Gasteiger partial charge in [0.25, 0.3) is 0 Å². The Labute approximate surface area is 165 Å². The third kappa shape index (κ3) is 3.01. The van der Waals surface area contributed by atoms with E-state index in [4.69, 9.17) is 4.42 Å². The van der Waals surface area contributed by atoms with Gasteiger partial charge in [0.1, 0.15) is 11.3 Å². The maximum absolute atomic E-state index is 12.8. The Morgan fingerprint density at radius 2 is 1.39 bits per heavy atom. The Kier molecular flexibility index (Phi) is 4.34. The minimum atomic E-state index is -0.0311. The number of benzene rings is 3. The molecule has 2 aromatic rings. The van der Waals surface area contributed by atoms with Crippen molar-refractivity contribution >= 4 is 22.3 Å². The van der Waals surface area contributed by atoms with Gasteiger partial charge in [0.15, 0.2) is 5.43 Å². The van der Waals surface area contributed by atoms with Gasteiger partial charge in [0.2, 0.25) is 0 Å². The van der Waals surface area contributed by atoms with Gasteiger partial charge in [-0.1, -0.05) is 12.1 Å². The Morgan fingerprint density at radius 3 is 2.04 bits per heavy atom. The van der Waals surface area contributed by atoms with Crippen LogP contribution in [0.5, 0.6) is 0 Å². The highest BCUT2D eigenvalue weighted by atomic mass is 16.3. The summed E-state index contributed by atoms with van der Waals surface area (Å²) in [5.41, 5.74) is 6.63. The first-order valence-corrected chi connectivity index (χ1v) is 9.31. The molecule has 0 spiro atoms.